The predicted molar refractivity (Wildman–Crippen MR) is 65.7 cm³/mol. The Balaban J connectivity index is 2.57. The van der Waals surface area contributed by atoms with Gasteiger partial charge in [0.25, 0.3) is 0 Å². The van der Waals surface area contributed by atoms with Crippen LogP contribution >= 0.6 is 0 Å². The Morgan fingerprint density at radius 2 is 1.95 bits per heavy atom. The number of hydrogen-bond acceptors (Lipinski definition) is 4. The van der Waals surface area contributed by atoms with Crippen LogP contribution in [0.1, 0.15) is 17.4 Å². The summed E-state index contributed by atoms with van der Waals surface area (Å²) in [6.07, 6.45) is 1.08. The van der Waals surface area contributed by atoms with Gasteiger partial charge >= 0.3 is 5.97 Å². The number of benzene rings is 1. The minimum Gasteiger partial charge on any atom is -0.461 e. The quantitative estimate of drug-likeness (QED) is 0.803. The molecule has 0 bridgehead atoms. The summed E-state index contributed by atoms with van der Waals surface area (Å²) in [5.41, 5.74) is -1.69. The van der Waals surface area contributed by atoms with Gasteiger partial charge in [0.15, 0.2) is 11.6 Å². The lowest BCUT2D eigenvalue weighted by atomic mass is 10.3. The van der Waals surface area contributed by atoms with E-state index in [4.69, 9.17) is 0 Å². The fraction of sp³-hybridized carbons (Fsp3) is 0.154. The zero-order valence-corrected chi connectivity index (χ0v) is 10.5. The first-order valence-corrected chi connectivity index (χ1v) is 5.76. The van der Waals surface area contributed by atoms with Crippen molar-refractivity contribution in [2.75, 3.05) is 6.61 Å². The second kappa shape index (κ2) is 5.60. The summed E-state index contributed by atoms with van der Waals surface area (Å²) in [4.78, 5) is 23.1. The number of hydrogen-bond donors (Lipinski definition) is 0. The first-order valence-electron chi connectivity index (χ1n) is 5.76. The molecule has 0 aliphatic heterocycles. The number of rotatable bonds is 3. The first kappa shape index (κ1) is 13.9. The minimum absolute atomic E-state index is 0.0584. The van der Waals surface area contributed by atoms with Crippen LogP contribution in [0.2, 0.25) is 0 Å². The van der Waals surface area contributed by atoms with E-state index in [1.807, 2.05) is 0 Å². The third kappa shape index (κ3) is 2.56. The third-order valence-electron chi connectivity index (χ3n) is 2.44. The Morgan fingerprint density at radius 3 is 2.55 bits per heavy atom. The average Bonchev–Trinajstić information content (AvgIpc) is 2.40. The van der Waals surface area contributed by atoms with Crippen LogP contribution in [0.15, 0.2) is 35.3 Å². The molecule has 5 nitrogen and oxygen atoms in total. The third-order valence-corrected chi connectivity index (χ3v) is 2.44. The van der Waals surface area contributed by atoms with Crippen LogP contribution in [0.4, 0.5) is 8.78 Å². The smallest absolute Gasteiger partial charge is 0.362 e. The lowest BCUT2D eigenvalue weighted by Crippen LogP contribution is -2.23. The Kier molecular flexibility index (Phi) is 3.88. The van der Waals surface area contributed by atoms with Crippen molar-refractivity contribution in [2.24, 2.45) is 0 Å². The fourth-order valence-corrected chi connectivity index (χ4v) is 1.58. The molecule has 0 saturated carbocycles. The number of esters is 1. The van der Waals surface area contributed by atoms with Gasteiger partial charge in [0, 0.05) is 12.3 Å². The van der Waals surface area contributed by atoms with Crippen LogP contribution in [0, 0.1) is 11.6 Å². The maximum absolute atomic E-state index is 13.6. The van der Waals surface area contributed by atoms with Gasteiger partial charge in [0.05, 0.1) is 6.61 Å². The molecule has 0 radical (unpaired) electrons. The maximum atomic E-state index is 13.6. The highest BCUT2D eigenvalue weighted by Gasteiger charge is 2.17. The van der Waals surface area contributed by atoms with Crippen molar-refractivity contribution in [2.45, 2.75) is 6.92 Å². The largest absolute Gasteiger partial charge is 0.461 e. The van der Waals surface area contributed by atoms with Crippen molar-refractivity contribution in [3.8, 4) is 5.69 Å². The zero-order valence-electron chi connectivity index (χ0n) is 10.5. The summed E-state index contributed by atoms with van der Waals surface area (Å²) in [5, 5.41) is 3.63. The summed E-state index contributed by atoms with van der Waals surface area (Å²) in [6, 6.07) is 4.28. The predicted octanol–water partition coefficient (Wildman–Crippen LogP) is 1.69. The molecule has 1 aromatic heterocycles. The van der Waals surface area contributed by atoms with Crippen LogP contribution in [0.5, 0.6) is 0 Å². The molecule has 1 aromatic carbocycles. The zero-order chi connectivity index (χ0) is 14.7. The van der Waals surface area contributed by atoms with E-state index in [1.54, 1.807) is 6.92 Å². The minimum atomic E-state index is -0.941. The molecule has 0 fully saturated rings. The summed E-state index contributed by atoms with van der Waals surface area (Å²) in [5.74, 6) is -2.67. The standard InChI is InChI=1S/C13H10F2N2O3/c1-2-20-13(19)11-10(18)6-7-17(16-11)12-8(14)4-3-5-9(12)15/h3-7H,2H2,1H3. The molecule has 0 aliphatic carbocycles. The SMILES string of the molecule is CCOC(=O)c1nn(-c2c(F)cccc2F)ccc1=O. The highest BCUT2D eigenvalue weighted by Crippen LogP contribution is 2.15. The van der Waals surface area contributed by atoms with E-state index in [0.29, 0.717) is 0 Å². The van der Waals surface area contributed by atoms with E-state index in [2.05, 4.69) is 9.84 Å². The number of carbonyl (C=O) groups excluding carboxylic acids is 1. The highest BCUT2D eigenvalue weighted by molar-refractivity contribution is 5.86. The van der Waals surface area contributed by atoms with Crippen molar-refractivity contribution in [3.05, 3.63) is 58.0 Å². The van der Waals surface area contributed by atoms with Crippen molar-refractivity contribution in [3.63, 3.8) is 0 Å². The molecule has 1 heterocycles. The van der Waals surface area contributed by atoms with E-state index in [0.717, 1.165) is 29.1 Å². The molecule has 0 N–H and O–H groups in total. The number of ether oxygens (including phenoxy) is 1. The second-order valence-electron chi connectivity index (χ2n) is 3.76. The average molecular weight is 280 g/mol. The normalized spacial score (nSPS) is 10.3. The van der Waals surface area contributed by atoms with Crippen molar-refractivity contribution < 1.29 is 18.3 Å². The number of halogens is 2. The molecule has 0 aliphatic rings. The molecular weight excluding hydrogens is 270 g/mol. The van der Waals surface area contributed by atoms with Gasteiger partial charge < -0.3 is 4.74 Å². The Bertz CT molecular complexity index is 693. The first-order chi connectivity index (χ1) is 9.54. The van der Waals surface area contributed by atoms with Gasteiger partial charge in [0.2, 0.25) is 11.1 Å². The summed E-state index contributed by atoms with van der Waals surface area (Å²) < 4.78 is 32.7. The van der Waals surface area contributed by atoms with E-state index < -0.39 is 34.4 Å². The van der Waals surface area contributed by atoms with Gasteiger partial charge in [0.1, 0.15) is 5.69 Å². The highest BCUT2D eigenvalue weighted by atomic mass is 19.1. The molecule has 0 amide bonds. The second-order valence-corrected chi connectivity index (χ2v) is 3.76. The van der Waals surface area contributed by atoms with Crippen molar-refractivity contribution in [1.29, 1.82) is 0 Å². The Hall–Kier alpha value is -2.57. The molecule has 0 saturated heterocycles. The summed E-state index contributed by atoms with van der Waals surface area (Å²) in [6.45, 7) is 1.62. The van der Waals surface area contributed by atoms with Crippen LogP contribution in [-0.2, 0) is 4.74 Å². The molecule has 2 rings (SSSR count). The monoisotopic (exact) mass is 280 g/mol. The summed E-state index contributed by atoms with van der Waals surface area (Å²) >= 11 is 0. The van der Waals surface area contributed by atoms with Gasteiger partial charge in [-0.05, 0) is 19.1 Å². The van der Waals surface area contributed by atoms with Crippen LogP contribution in [-0.4, -0.2) is 22.4 Å². The molecule has 0 spiro atoms. The Labute approximate surface area is 112 Å². The van der Waals surface area contributed by atoms with E-state index >= 15 is 0 Å². The molecule has 0 atom stereocenters. The Morgan fingerprint density at radius 1 is 1.30 bits per heavy atom. The number of carbonyl (C=O) groups is 1. The van der Waals surface area contributed by atoms with Gasteiger partial charge in [-0.15, -0.1) is 0 Å². The lowest BCUT2D eigenvalue weighted by Gasteiger charge is -2.08. The van der Waals surface area contributed by atoms with Crippen molar-refractivity contribution in [1.82, 2.24) is 9.78 Å². The molecule has 104 valence electrons. The van der Waals surface area contributed by atoms with Crippen LogP contribution < -0.4 is 5.43 Å². The molecular formula is C13H10F2N2O3. The molecule has 2 aromatic rings. The van der Waals surface area contributed by atoms with Gasteiger partial charge in [-0.2, -0.15) is 5.10 Å². The van der Waals surface area contributed by atoms with E-state index in [9.17, 15) is 18.4 Å². The topological polar surface area (TPSA) is 61.2 Å². The van der Waals surface area contributed by atoms with Gasteiger partial charge in [-0.1, -0.05) is 6.07 Å². The summed E-state index contributed by atoms with van der Waals surface area (Å²) in [7, 11) is 0. The van der Waals surface area contributed by atoms with Gasteiger partial charge in [-0.3, -0.25) is 4.79 Å². The van der Waals surface area contributed by atoms with Crippen molar-refractivity contribution >= 4 is 5.97 Å². The maximum Gasteiger partial charge on any atom is 0.362 e. The molecule has 0 unspecified atom stereocenters. The molecule has 20 heavy (non-hydrogen) atoms. The van der Waals surface area contributed by atoms with E-state index in [-0.39, 0.29) is 6.61 Å². The van der Waals surface area contributed by atoms with Crippen LogP contribution in [0.25, 0.3) is 5.69 Å². The van der Waals surface area contributed by atoms with Gasteiger partial charge in [-0.25, -0.2) is 18.3 Å². The van der Waals surface area contributed by atoms with E-state index in [1.165, 1.54) is 6.07 Å². The molecule has 7 heteroatoms. The fourth-order valence-electron chi connectivity index (χ4n) is 1.58. The lowest BCUT2D eigenvalue weighted by molar-refractivity contribution is 0.0515. The number of nitrogens with zero attached hydrogens (tertiary/aromatic N) is 2. The van der Waals surface area contributed by atoms with Crippen LogP contribution in [0.3, 0.4) is 0 Å². The number of para-hydroxylation sites is 1. The number of aromatic nitrogens is 2.